The van der Waals surface area contributed by atoms with Gasteiger partial charge >= 0.3 is 0 Å². The predicted octanol–water partition coefficient (Wildman–Crippen LogP) is 1.78. The van der Waals surface area contributed by atoms with Crippen LogP contribution in [0.15, 0.2) is 34.7 Å². The van der Waals surface area contributed by atoms with Crippen molar-refractivity contribution in [1.29, 1.82) is 0 Å². The molecule has 0 radical (unpaired) electrons. The van der Waals surface area contributed by atoms with E-state index in [0.29, 0.717) is 12.4 Å². The molecule has 2 N–H and O–H groups in total. The molecule has 0 aliphatic carbocycles. The van der Waals surface area contributed by atoms with Crippen molar-refractivity contribution in [3.8, 4) is 10.7 Å². The Hall–Kier alpha value is -2.25. The maximum Gasteiger partial charge on any atom is 0.255 e. The minimum absolute atomic E-state index is 0.0301. The van der Waals surface area contributed by atoms with Gasteiger partial charge in [0.05, 0.1) is 22.7 Å². The van der Waals surface area contributed by atoms with E-state index in [1.54, 1.807) is 17.5 Å². The van der Waals surface area contributed by atoms with Gasteiger partial charge in [-0.1, -0.05) is 6.07 Å². The molecule has 3 aromatic heterocycles. The normalized spacial score (nSPS) is 14.9. The van der Waals surface area contributed by atoms with Crippen molar-refractivity contribution in [3.05, 3.63) is 57.3 Å². The molecule has 6 nitrogen and oxygen atoms in total. The maximum absolute atomic E-state index is 12.4. The second kappa shape index (κ2) is 5.51. The largest absolute Gasteiger partial charge is 0.348 e. The SMILES string of the molecule is O=c1[nH]c(-c2cccs2)nc2c1CN(Cc1ncc[nH]1)CC2. The first-order chi connectivity index (χ1) is 10.8. The predicted molar refractivity (Wildman–Crippen MR) is 84.6 cm³/mol. The minimum atomic E-state index is -0.0301. The lowest BCUT2D eigenvalue weighted by Gasteiger charge is -2.26. The van der Waals surface area contributed by atoms with Gasteiger partial charge in [0.25, 0.3) is 5.56 Å². The first-order valence-corrected chi connectivity index (χ1v) is 8.04. The van der Waals surface area contributed by atoms with E-state index in [1.165, 1.54) is 0 Å². The Balaban J connectivity index is 1.61. The number of H-pyrrole nitrogens is 2. The Labute approximate surface area is 130 Å². The van der Waals surface area contributed by atoms with Crippen LogP contribution in [0.1, 0.15) is 17.1 Å². The molecule has 0 spiro atoms. The Morgan fingerprint density at radius 2 is 2.36 bits per heavy atom. The minimum Gasteiger partial charge on any atom is -0.348 e. The first kappa shape index (κ1) is 13.4. The zero-order valence-corrected chi connectivity index (χ0v) is 12.7. The molecule has 112 valence electrons. The fourth-order valence-electron chi connectivity index (χ4n) is 2.74. The fraction of sp³-hybridized carbons (Fsp3) is 0.267. The number of rotatable bonds is 3. The number of fused-ring (bicyclic) bond motifs is 1. The number of thiophene rings is 1. The summed E-state index contributed by atoms with van der Waals surface area (Å²) in [6.45, 7) is 2.22. The van der Waals surface area contributed by atoms with E-state index >= 15 is 0 Å². The number of hydrogen-bond donors (Lipinski definition) is 2. The highest BCUT2D eigenvalue weighted by molar-refractivity contribution is 7.13. The number of nitrogens with one attached hydrogen (secondary N) is 2. The molecule has 1 aliphatic heterocycles. The number of aromatic amines is 2. The molecule has 22 heavy (non-hydrogen) atoms. The van der Waals surface area contributed by atoms with Gasteiger partial charge in [-0.15, -0.1) is 11.3 Å². The summed E-state index contributed by atoms with van der Waals surface area (Å²) in [6.07, 6.45) is 4.35. The molecule has 0 unspecified atom stereocenters. The monoisotopic (exact) mass is 313 g/mol. The van der Waals surface area contributed by atoms with Crippen LogP contribution in [0, 0.1) is 0 Å². The molecule has 0 saturated heterocycles. The third-order valence-electron chi connectivity index (χ3n) is 3.83. The molecule has 3 aromatic rings. The van der Waals surface area contributed by atoms with Gasteiger partial charge in [-0.2, -0.15) is 0 Å². The van der Waals surface area contributed by atoms with E-state index in [4.69, 9.17) is 0 Å². The standard InChI is InChI=1S/C15H15N5OS/c21-15-10-8-20(9-13-16-4-5-17-13)6-3-11(10)18-14(19-15)12-2-1-7-22-12/h1-2,4-5,7H,3,6,8-9H2,(H,16,17)(H,18,19,21). The summed E-state index contributed by atoms with van der Waals surface area (Å²) < 4.78 is 0. The van der Waals surface area contributed by atoms with Gasteiger partial charge in [0.15, 0.2) is 5.82 Å². The highest BCUT2D eigenvalue weighted by Gasteiger charge is 2.22. The van der Waals surface area contributed by atoms with Gasteiger partial charge < -0.3 is 9.97 Å². The van der Waals surface area contributed by atoms with Crippen molar-refractivity contribution < 1.29 is 0 Å². The van der Waals surface area contributed by atoms with Crippen molar-refractivity contribution in [1.82, 2.24) is 24.8 Å². The Morgan fingerprint density at radius 1 is 1.41 bits per heavy atom. The van der Waals surface area contributed by atoms with Crippen molar-refractivity contribution in [2.24, 2.45) is 0 Å². The maximum atomic E-state index is 12.4. The third kappa shape index (κ3) is 2.49. The van der Waals surface area contributed by atoms with Crippen molar-refractivity contribution in [2.45, 2.75) is 19.5 Å². The first-order valence-electron chi connectivity index (χ1n) is 7.16. The van der Waals surface area contributed by atoms with Crippen LogP contribution in [-0.2, 0) is 19.5 Å². The number of hydrogen-bond acceptors (Lipinski definition) is 5. The average molecular weight is 313 g/mol. The lowest BCUT2D eigenvalue weighted by atomic mass is 10.1. The van der Waals surface area contributed by atoms with E-state index in [0.717, 1.165) is 41.5 Å². The van der Waals surface area contributed by atoms with Crippen molar-refractivity contribution in [3.63, 3.8) is 0 Å². The van der Waals surface area contributed by atoms with E-state index in [1.807, 2.05) is 23.7 Å². The van der Waals surface area contributed by atoms with E-state index < -0.39 is 0 Å². The highest BCUT2D eigenvalue weighted by atomic mass is 32.1. The van der Waals surface area contributed by atoms with Crippen LogP contribution < -0.4 is 5.56 Å². The summed E-state index contributed by atoms with van der Waals surface area (Å²) in [4.78, 5) is 30.5. The summed E-state index contributed by atoms with van der Waals surface area (Å²) in [5.41, 5.74) is 1.67. The zero-order chi connectivity index (χ0) is 14.9. The van der Waals surface area contributed by atoms with Crippen molar-refractivity contribution >= 4 is 11.3 Å². The van der Waals surface area contributed by atoms with Gasteiger partial charge in [-0.05, 0) is 11.4 Å². The topological polar surface area (TPSA) is 77.7 Å². The quantitative estimate of drug-likeness (QED) is 0.772. The van der Waals surface area contributed by atoms with Gasteiger partial charge in [0.2, 0.25) is 0 Å². The number of imidazole rings is 1. The summed E-state index contributed by atoms with van der Waals surface area (Å²) in [5.74, 6) is 1.60. The molecule has 0 amide bonds. The lowest BCUT2D eigenvalue weighted by Crippen LogP contribution is -2.35. The summed E-state index contributed by atoms with van der Waals surface area (Å²) in [5, 5.41) is 1.99. The van der Waals surface area contributed by atoms with Crippen LogP contribution in [0.2, 0.25) is 0 Å². The summed E-state index contributed by atoms with van der Waals surface area (Å²) in [6, 6.07) is 3.94. The van der Waals surface area contributed by atoms with Gasteiger partial charge in [-0.25, -0.2) is 9.97 Å². The molecule has 0 bridgehead atoms. The van der Waals surface area contributed by atoms with Crippen LogP contribution in [0.3, 0.4) is 0 Å². The average Bonchev–Trinajstić information content (AvgIpc) is 3.20. The lowest BCUT2D eigenvalue weighted by molar-refractivity contribution is 0.236. The van der Waals surface area contributed by atoms with Gasteiger partial charge in [-0.3, -0.25) is 9.69 Å². The molecule has 0 atom stereocenters. The number of nitrogens with zero attached hydrogens (tertiary/aromatic N) is 3. The second-order valence-corrected chi connectivity index (χ2v) is 6.26. The molecular formula is C15H15N5OS. The van der Waals surface area contributed by atoms with Crippen LogP contribution in [0.5, 0.6) is 0 Å². The van der Waals surface area contributed by atoms with Crippen LogP contribution in [0.25, 0.3) is 10.7 Å². The third-order valence-corrected chi connectivity index (χ3v) is 4.71. The second-order valence-electron chi connectivity index (χ2n) is 5.31. The fourth-order valence-corrected chi connectivity index (χ4v) is 3.41. The highest BCUT2D eigenvalue weighted by Crippen LogP contribution is 2.22. The molecule has 0 fully saturated rings. The van der Waals surface area contributed by atoms with Crippen LogP contribution >= 0.6 is 11.3 Å². The van der Waals surface area contributed by atoms with Crippen LogP contribution in [-0.4, -0.2) is 31.4 Å². The van der Waals surface area contributed by atoms with E-state index in [9.17, 15) is 4.79 Å². The van der Waals surface area contributed by atoms with E-state index in [-0.39, 0.29) is 5.56 Å². The molecule has 0 aromatic carbocycles. The Morgan fingerprint density at radius 3 is 3.14 bits per heavy atom. The summed E-state index contributed by atoms with van der Waals surface area (Å²) in [7, 11) is 0. The summed E-state index contributed by atoms with van der Waals surface area (Å²) >= 11 is 1.58. The molecule has 4 rings (SSSR count). The smallest absolute Gasteiger partial charge is 0.255 e. The Bertz CT molecular complexity index is 822. The van der Waals surface area contributed by atoms with Gasteiger partial charge in [0.1, 0.15) is 5.82 Å². The molecule has 7 heteroatoms. The zero-order valence-electron chi connectivity index (χ0n) is 11.9. The number of aromatic nitrogens is 4. The molecule has 4 heterocycles. The molecule has 1 aliphatic rings. The van der Waals surface area contributed by atoms with Crippen LogP contribution in [0.4, 0.5) is 0 Å². The molecular weight excluding hydrogens is 298 g/mol. The Kier molecular flexibility index (Phi) is 3.36. The van der Waals surface area contributed by atoms with E-state index in [2.05, 4.69) is 24.8 Å². The van der Waals surface area contributed by atoms with Crippen molar-refractivity contribution in [2.75, 3.05) is 6.54 Å². The van der Waals surface area contributed by atoms with Gasteiger partial charge in [0, 0.05) is 31.9 Å². The molecule has 0 saturated carbocycles.